The number of alkyl halides is 3. The maximum Gasteiger partial charge on any atom is 0.389 e. The van der Waals surface area contributed by atoms with E-state index >= 15 is 0 Å². The number of nitrogens with zero attached hydrogens (tertiary/aromatic N) is 1. The Labute approximate surface area is 126 Å². The zero-order valence-electron chi connectivity index (χ0n) is 11.9. The van der Waals surface area contributed by atoms with E-state index in [0.29, 0.717) is 11.3 Å². The van der Waals surface area contributed by atoms with E-state index in [4.69, 9.17) is 11.6 Å². The average molecular weight is 323 g/mol. The minimum atomic E-state index is -4.14. The number of hydrogen-bond acceptors (Lipinski definition) is 2. The van der Waals surface area contributed by atoms with Crippen LogP contribution in [0.2, 0.25) is 5.15 Å². The molecule has 0 aromatic carbocycles. The molecular weight excluding hydrogens is 305 g/mol. The van der Waals surface area contributed by atoms with Crippen LogP contribution >= 0.6 is 11.6 Å². The number of amides is 1. The topological polar surface area (TPSA) is 42.0 Å². The van der Waals surface area contributed by atoms with E-state index < -0.39 is 12.6 Å². The van der Waals surface area contributed by atoms with Crippen LogP contribution in [0.25, 0.3) is 0 Å². The molecule has 0 aliphatic rings. The lowest BCUT2D eigenvalue weighted by atomic mass is 10.1. The Morgan fingerprint density at radius 3 is 2.57 bits per heavy atom. The molecule has 0 saturated heterocycles. The molecule has 0 saturated carbocycles. The first-order chi connectivity index (χ1) is 9.69. The molecule has 3 nitrogen and oxygen atoms in total. The molecule has 1 aromatic rings. The Bertz CT molecular complexity index is 490. The van der Waals surface area contributed by atoms with Crippen LogP contribution in [0.1, 0.15) is 55.1 Å². The summed E-state index contributed by atoms with van der Waals surface area (Å²) in [4.78, 5) is 16.0. The lowest BCUT2D eigenvalue weighted by Crippen LogP contribution is -2.25. The standard InChI is InChI=1S/C14H18ClF3N2O/c1-9(2)11-7-10(8-12(15)20-11)13(21)19-6-4-3-5-14(16,17)18/h7-9H,3-6H2,1-2H3,(H,19,21). The van der Waals surface area contributed by atoms with Gasteiger partial charge in [-0.05, 0) is 30.9 Å². The van der Waals surface area contributed by atoms with Crippen LogP contribution in [-0.2, 0) is 0 Å². The molecule has 0 unspecified atom stereocenters. The molecule has 0 spiro atoms. The molecule has 7 heteroatoms. The quantitative estimate of drug-likeness (QED) is 0.626. The van der Waals surface area contributed by atoms with Gasteiger partial charge in [0.15, 0.2) is 0 Å². The second kappa shape index (κ2) is 7.64. The van der Waals surface area contributed by atoms with Gasteiger partial charge in [-0.3, -0.25) is 4.79 Å². The van der Waals surface area contributed by atoms with Crippen molar-refractivity contribution in [1.29, 1.82) is 0 Å². The van der Waals surface area contributed by atoms with Gasteiger partial charge in [0.2, 0.25) is 0 Å². The second-order valence-electron chi connectivity index (χ2n) is 5.09. The van der Waals surface area contributed by atoms with Gasteiger partial charge in [0.1, 0.15) is 5.15 Å². The van der Waals surface area contributed by atoms with Gasteiger partial charge in [0, 0.05) is 24.2 Å². The second-order valence-corrected chi connectivity index (χ2v) is 5.47. The van der Waals surface area contributed by atoms with Crippen LogP contribution in [0, 0.1) is 0 Å². The van der Waals surface area contributed by atoms with E-state index in [2.05, 4.69) is 10.3 Å². The third-order valence-corrected chi connectivity index (χ3v) is 3.03. The van der Waals surface area contributed by atoms with Crippen molar-refractivity contribution in [2.24, 2.45) is 0 Å². The molecule has 0 fully saturated rings. The minimum absolute atomic E-state index is 0.00186. The predicted molar refractivity (Wildman–Crippen MR) is 75.6 cm³/mol. The van der Waals surface area contributed by atoms with Gasteiger partial charge in [-0.15, -0.1) is 0 Å². The van der Waals surface area contributed by atoms with E-state index in [1.54, 1.807) is 6.07 Å². The Morgan fingerprint density at radius 1 is 1.33 bits per heavy atom. The summed E-state index contributed by atoms with van der Waals surface area (Å²) in [7, 11) is 0. The number of aromatic nitrogens is 1. The molecule has 118 valence electrons. The first-order valence-corrected chi connectivity index (χ1v) is 7.09. The first-order valence-electron chi connectivity index (χ1n) is 6.71. The lowest BCUT2D eigenvalue weighted by Gasteiger charge is -2.10. The number of pyridine rings is 1. The van der Waals surface area contributed by atoms with Crippen molar-refractivity contribution in [2.45, 2.75) is 45.2 Å². The molecule has 0 aliphatic heterocycles. The monoisotopic (exact) mass is 322 g/mol. The Morgan fingerprint density at radius 2 is 2.00 bits per heavy atom. The first kappa shape index (κ1) is 17.8. The summed E-state index contributed by atoms with van der Waals surface area (Å²) in [5.74, 6) is -0.227. The smallest absolute Gasteiger partial charge is 0.352 e. The van der Waals surface area contributed by atoms with Crippen molar-refractivity contribution in [3.8, 4) is 0 Å². The molecule has 1 rings (SSSR count). The van der Waals surface area contributed by atoms with Gasteiger partial charge in [-0.2, -0.15) is 13.2 Å². The zero-order valence-corrected chi connectivity index (χ0v) is 12.7. The van der Waals surface area contributed by atoms with Gasteiger partial charge in [-0.1, -0.05) is 25.4 Å². The van der Waals surface area contributed by atoms with Crippen molar-refractivity contribution in [2.75, 3.05) is 6.54 Å². The van der Waals surface area contributed by atoms with Crippen LogP contribution < -0.4 is 5.32 Å². The van der Waals surface area contributed by atoms with E-state index in [1.807, 2.05) is 13.8 Å². The summed E-state index contributed by atoms with van der Waals surface area (Å²) in [5.41, 5.74) is 1.07. The summed E-state index contributed by atoms with van der Waals surface area (Å²) in [6.07, 6.45) is -4.70. The maximum atomic E-state index is 12.0. The molecule has 1 heterocycles. The number of unbranched alkanes of at least 4 members (excludes halogenated alkanes) is 1. The highest BCUT2D eigenvalue weighted by Crippen LogP contribution is 2.22. The molecular formula is C14H18ClF3N2O. The Hall–Kier alpha value is -1.30. The van der Waals surface area contributed by atoms with Crippen molar-refractivity contribution >= 4 is 17.5 Å². The van der Waals surface area contributed by atoms with Gasteiger partial charge < -0.3 is 5.32 Å². The van der Waals surface area contributed by atoms with Crippen LogP contribution in [0.3, 0.4) is 0 Å². The lowest BCUT2D eigenvalue weighted by molar-refractivity contribution is -0.135. The summed E-state index contributed by atoms with van der Waals surface area (Å²) in [5, 5.41) is 2.81. The maximum absolute atomic E-state index is 12.0. The largest absolute Gasteiger partial charge is 0.389 e. The van der Waals surface area contributed by atoms with Crippen LogP contribution in [0.15, 0.2) is 12.1 Å². The molecule has 0 aliphatic carbocycles. The fourth-order valence-electron chi connectivity index (χ4n) is 1.70. The molecule has 1 aromatic heterocycles. The van der Waals surface area contributed by atoms with E-state index in [-0.39, 0.29) is 36.4 Å². The molecule has 1 amide bonds. The van der Waals surface area contributed by atoms with E-state index in [1.165, 1.54) is 6.07 Å². The summed E-state index contributed by atoms with van der Waals surface area (Å²) < 4.78 is 35.9. The normalized spacial score (nSPS) is 11.8. The number of carbonyl (C=O) groups excluding carboxylic acids is 1. The SMILES string of the molecule is CC(C)c1cc(C(=O)NCCCCC(F)(F)F)cc(Cl)n1. The zero-order chi connectivity index (χ0) is 16.0. The van der Waals surface area contributed by atoms with Gasteiger partial charge in [-0.25, -0.2) is 4.98 Å². The number of hydrogen-bond donors (Lipinski definition) is 1. The van der Waals surface area contributed by atoms with Gasteiger partial charge in [0.05, 0.1) is 0 Å². The fraction of sp³-hybridized carbons (Fsp3) is 0.571. The van der Waals surface area contributed by atoms with Crippen LogP contribution in [-0.4, -0.2) is 23.6 Å². The summed E-state index contributed by atoms with van der Waals surface area (Å²) in [6, 6.07) is 3.08. The number of rotatable bonds is 6. The predicted octanol–water partition coefficient (Wildman–Crippen LogP) is 4.32. The fourth-order valence-corrected chi connectivity index (χ4v) is 1.91. The Kier molecular flexibility index (Phi) is 6.45. The number of carbonyl (C=O) groups is 1. The van der Waals surface area contributed by atoms with Crippen LogP contribution in [0.4, 0.5) is 13.2 Å². The molecule has 0 bridgehead atoms. The van der Waals surface area contributed by atoms with E-state index in [9.17, 15) is 18.0 Å². The van der Waals surface area contributed by atoms with Crippen molar-refractivity contribution in [1.82, 2.24) is 10.3 Å². The van der Waals surface area contributed by atoms with Crippen molar-refractivity contribution < 1.29 is 18.0 Å². The molecule has 21 heavy (non-hydrogen) atoms. The molecule has 1 N–H and O–H groups in total. The van der Waals surface area contributed by atoms with E-state index in [0.717, 1.165) is 0 Å². The number of halogens is 4. The van der Waals surface area contributed by atoms with Gasteiger partial charge in [0.25, 0.3) is 5.91 Å². The summed E-state index contributed by atoms with van der Waals surface area (Å²) >= 11 is 5.86. The van der Waals surface area contributed by atoms with Crippen molar-refractivity contribution in [3.05, 3.63) is 28.5 Å². The molecule has 0 atom stereocenters. The van der Waals surface area contributed by atoms with Crippen LogP contribution in [0.5, 0.6) is 0 Å². The third kappa shape index (κ3) is 6.80. The number of nitrogens with one attached hydrogen (secondary N) is 1. The summed E-state index contributed by atoms with van der Waals surface area (Å²) in [6.45, 7) is 4.06. The highest BCUT2D eigenvalue weighted by atomic mass is 35.5. The average Bonchev–Trinajstić information content (AvgIpc) is 2.35. The highest BCUT2D eigenvalue weighted by Gasteiger charge is 2.25. The van der Waals surface area contributed by atoms with Crippen molar-refractivity contribution in [3.63, 3.8) is 0 Å². The Balaban J connectivity index is 2.49. The minimum Gasteiger partial charge on any atom is -0.352 e. The highest BCUT2D eigenvalue weighted by molar-refractivity contribution is 6.29. The third-order valence-electron chi connectivity index (χ3n) is 2.84. The van der Waals surface area contributed by atoms with Gasteiger partial charge >= 0.3 is 6.18 Å². The molecule has 0 radical (unpaired) electrons.